The van der Waals surface area contributed by atoms with Crippen LogP contribution in [0.1, 0.15) is 25.5 Å². The number of halogens is 5. The molecule has 134 valence electrons. The lowest BCUT2D eigenvalue weighted by atomic mass is 10.1. The summed E-state index contributed by atoms with van der Waals surface area (Å²) in [4.78, 5) is 12.1. The van der Waals surface area contributed by atoms with Gasteiger partial charge in [-0.15, -0.1) is 0 Å². The lowest BCUT2D eigenvalue weighted by molar-refractivity contribution is -0.710. The van der Waals surface area contributed by atoms with Crippen molar-refractivity contribution in [1.29, 1.82) is 0 Å². The smallest absolute Gasteiger partial charge is 0.282 e. The Hall–Kier alpha value is -2.48. The summed E-state index contributed by atoms with van der Waals surface area (Å²) < 4.78 is 66.3. The topological polar surface area (TPSA) is 45.7 Å². The number of nitrogens with two attached hydrogens (primary N) is 1. The first-order valence-corrected chi connectivity index (χ1v) is 7.45. The summed E-state index contributed by atoms with van der Waals surface area (Å²) in [6.45, 7) is 3.09. The van der Waals surface area contributed by atoms with Crippen LogP contribution in [0.25, 0.3) is 0 Å². The van der Waals surface area contributed by atoms with Crippen LogP contribution in [0.3, 0.4) is 0 Å². The zero-order valence-electron chi connectivity index (χ0n) is 13.4. The summed E-state index contributed by atoms with van der Waals surface area (Å²) in [6.07, 6.45) is 0. The van der Waals surface area contributed by atoms with Gasteiger partial charge in [0.15, 0.2) is 23.5 Å². The molecule has 0 fully saturated rings. The van der Waals surface area contributed by atoms with Gasteiger partial charge in [0, 0.05) is 11.6 Å². The van der Waals surface area contributed by atoms with E-state index in [0.29, 0.717) is 6.07 Å². The third-order valence-electron chi connectivity index (χ3n) is 3.74. The number of benzene rings is 2. The second kappa shape index (κ2) is 7.60. The van der Waals surface area contributed by atoms with E-state index < -0.39 is 52.8 Å². The summed E-state index contributed by atoms with van der Waals surface area (Å²) in [5.74, 6) is -6.69. The van der Waals surface area contributed by atoms with Crippen LogP contribution in [0.2, 0.25) is 0 Å². The Morgan fingerprint density at radius 2 is 1.64 bits per heavy atom. The van der Waals surface area contributed by atoms with Crippen molar-refractivity contribution < 1.29 is 32.1 Å². The number of hydrogen-bond donors (Lipinski definition) is 2. The van der Waals surface area contributed by atoms with Crippen molar-refractivity contribution in [2.45, 2.75) is 25.9 Å². The highest BCUT2D eigenvalue weighted by molar-refractivity contribution is 5.93. The maximum Gasteiger partial charge on any atom is 0.282 e. The van der Waals surface area contributed by atoms with E-state index in [9.17, 15) is 26.7 Å². The maximum atomic E-state index is 13.7. The highest BCUT2D eigenvalue weighted by Crippen LogP contribution is 2.20. The zero-order chi connectivity index (χ0) is 18.7. The number of hydrogen-bond acceptors (Lipinski definition) is 1. The van der Waals surface area contributed by atoms with Crippen LogP contribution in [0.4, 0.5) is 27.6 Å². The number of anilines is 1. The average Bonchev–Trinajstić information content (AvgIpc) is 2.55. The molecule has 0 radical (unpaired) electrons. The quantitative estimate of drug-likeness (QED) is 0.626. The van der Waals surface area contributed by atoms with Gasteiger partial charge in [-0.05, 0) is 38.1 Å². The van der Waals surface area contributed by atoms with Crippen LogP contribution in [-0.4, -0.2) is 11.9 Å². The van der Waals surface area contributed by atoms with Gasteiger partial charge in [0.1, 0.15) is 17.7 Å². The molecule has 0 aromatic heterocycles. The Kier molecular flexibility index (Phi) is 5.73. The fourth-order valence-electron chi connectivity index (χ4n) is 2.36. The van der Waals surface area contributed by atoms with Gasteiger partial charge in [-0.3, -0.25) is 4.79 Å². The molecule has 2 atom stereocenters. The largest absolute Gasteiger partial charge is 0.330 e. The Morgan fingerprint density at radius 1 is 0.960 bits per heavy atom. The van der Waals surface area contributed by atoms with E-state index in [1.54, 1.807) is 6.92 Å². The van der Waals surface area contributed by atoms with Gasteiger partial charge in [-0.25, -0.2) is 22.0 Å². The summed E-state index contributed by atoms with van der Waals surface area (Å²) in [7, 11) is 0. The summed E-state index contributed by atoms with van der Waals surface area (Å²) >= 11 is 0. The van der Waals surface area contributed by atoms with Crippen LogP contribution in [-0.2, 0) is 4.79 Å². The molecule has 8 heteroatoms. The molecule has 0 heterocycles. The van der Waals surface area contributed by atoms with Crippen molar-refractivity contribution in [2.24, 2.45) is 0 Å². The molecule has 2 aromatic carbocycles. The minimum absolute atomic E-state index is 0.194. The van der Waals surface area contributed by atoms with Crippen molar-refractivity contribution in [2.75, 3.05) is 5.32 Å². The van der Waals surface area contributed by atoms with E-state index in [1.165, 1.54) is 18.3 Å². The van der Waals surface area contributed by atoms with Crippen LogP contribution in [0, 0.1) is 29.1 Å². The molecule has 2 aromatic rings. The maximum absolute atomic E-state index is 13.7. The van der Waals surface area contributed by atoms with E-state index in [1.807, 2.05) is 0 Å². The molecule has 0 bridgehead atoms. The van der Waals surface area contributed by atoms with E-state index in [0.717, 1.165) is 18.2 Å². The number of nitrogens with one attached hydrogen (secondary N) is 1. The summed E-state index contributed by atoms with van der Waals surface area (Å²) in [5, 5.41) is 3.63. The molecule has 3 nitrogen and oxygen atoms in total. The first kappa shape index (κ1) is 18.9. The molecule has 25 heavy (non-hydrogen) atoms. The van der Waals surface area contributed by atoms with Crippen LogP contribution >= 0.6 is 0 Å². The van der Waals surface area contributed by atoms with Gasteiger partial charge >= 0.3 is 0 Å². The van der Waals surface area contributed by atoms with Crippen molar-refractivity contribution in [3.05, 3.63) is 65.0 Å². The number of carbonyl (C=O) groups is 1. The molecule has 0 saturated carbocycles. The van der Waals surface area contributed by atoms with Crippen molar-refractivity contribution in [1.82, 2.24) is 0 Å². The predicted octanol–water partition coefficient (Wildman–Crippen LogP) is 3.03. The van der Waals surface area contributed by atoms with E-state index in [4.69, 9.17) is 0 Å². The fraction of sp³-hybridized carbons (Fsp3) is 0.235. The molecule has 0 aliphatic heterocycles. The van der Waals surface area contributed by atoms with Gasteiger partial charge in [0.2, 0.25) is 0 Å². The molecular formula is C17H16F5N2O+. The number of carbonyl (C=O) groups excluding carboxylic acids is 1. The van der Waals surface area contributed by atoms with Gasteiger partial charge in [-0.2, -0.15) is 0 Å². The Labute approximate surface area is 140 Å². The summed E-state index contributed by atoms with van der Waals surface area (Å²) in [6, 6.07) is 3.37. The van der Waals surface area contributed by atoms with E-state index in [-0.39, 0.29) is 5.56 Å². The fourth-order valence-corrected chi connectivity index (χ4v) is 2.36. The molecule has 2 rings (SSSR count). The average molecular weight is 359 g/mol. The normalized spacial score (nSPS) is 13.4. The molecule has 0 unspecified atom stereocenters. The van der Waals surface area contributed by atoms with Gasteiger partial charge in [0.05, 0.1) is 5.69 Å². The minimum Gasteiger partial charge on any atom is -0.330 e. The third-order valence-corrected chi connectivity index (χ3v) is 3.74. The van der Waals surface area contributed by atoms with Crippen molar-refractivity contribution >= 4 is 11.6 Å². The Balaban J connectivity index is 2.06. The molecule has 1 amide bonds. The van der Waals surface area contributed by atoms with Crippen LogP contribution in [0.15, 0.2) is 30.3 Å². The van der Waals surface area contributed by atoms with Gasteiger partial charge in [0.25, 0.3) is 5.91 Å². The van der Waals surface area contributed by atoms with E-state index in [2.05, 4.69) is 5.32 Å². The summed E-state index contributed by atoms with van der Waals surface area (Å²) in [5.41, 5.74) is -0.301. The predicted molar refractivity (Wildman–Crippen MR) is 81.1 cm³/mol. The molecule has 0 aliphatic carbocycles. The van der Waals surface area contributed by atoms with Gasteiger partial charge in [-0.1, -0.05) is 0 Å². The minimum atomic E-state index is -1.68. The Morgan fingerprint density at radius 3 is 2.28 bits per heavy atom. The molecule has 0 aliphatic rings. The van der Waals surface area contributed by atoms with Crippen molar-refractivity contribution in [3.8, 4) is 0 Å². The molecule has 0 saturated heterocycles. The second-order valence-corrected chi connectivity index (χ2v) is 5.65. The lowest BCUT2D eigenvalue weighted by Crippen LogP contribution is -2.91. The first-order chi connectivity index (χ1) is 11.7. The Bertz CT molecular complexity index is 797. The van der Waals surface area contributed by atoms with E-state index >= 15 is 0 Å². The molecule has 0 spiro atoms. The number of quaternary nitrogens is 1. The molecular weight excluding hydrogens is 343 g/mol. The number of rotatable bonds is 5. The lowest BCUT2D eigenvalue weighted by Gasteiger charge is -2.17. The van der Waals surface area contributed by atoms with Crippen LogP contribution < -0.4 is 10.6 Å². The first-order valence-electron chi connectivity index (χ1n) is 7.45. The third kappa shape index (κ3) is 4.33. The second-order valence-electron chi connectivity index (χ2n) is 5.65. The standard InChI is InChI=1S/C17H15F5N2O/c1-8(11-4-3-10(18)7-13(11)20)23-9(2)17(25)24-14-6-5-12(19)15(21)16(14)22/h3-9,23H,1-2H3,(H,24,25)/p+1/t8-,9+/m1/s1. The van der Waals surface area contributed by atoms with Gasteiger partial charge < -0.3 is 10.6 Å². The van der Waals surface area contributed by atoms with Crippen molar-refractivity contribution in [3.63, 3.8) is 0 Å². The highest BCUT2D eigenvalue weighted by atomic mass is 19.2. The van der Waals surface area contributed by atoms with Crippen LogP contribution in [0.5, 0.6) is 0 Å². The monoisotopic (exact) mass is 359 g/mol. The number of amides is 1. The zero-order valence-corrected chi connectivity index (χ0v) is 13.4. The SMILES string of the molecule is C[C@H]([NH2+][C@H](C)c1ccc(F)cc1F)C(=O)Nc1ccc(F)c(F)c1F. The molecule has 3 N–H and O–H groups in total. The highest BCUT2D eigenvalue weighted by Gasteiger charge is 2.24.